The summed E-state index contributed by atoms with van der Waals surface area (Å²) in [6.45, 7) is 7.80. The second kappa shape index (κ2) is 11.4. The summed E-state index contributed by atoms with van der Waals surface area (Å²) in [6.07, 6.45) is 1.64. The number of hydrogen-bond acceptors (Lipinski definition) is 6. The van der Waals surface area contributed by atoms with Gasteiger partial charge in [-0.15, -0.1) is 0 Å². The number of methoxy groups -OCH3 is 1. The minimum absolute atomic E-state index is 0.0340. The molecule has 0 fully saturated rings. The first kappa shape index (κ1) is 25.6. The molecule has 1 aliphatic heterocycles. The Balaban J connectivity index is 1.85. The van der Waals surface area contributed by atoms with E-state index in [2.05, 4.69) is 5.32 Å². The summed E-state index contributed by atoms with van der Waals surface area (Å²) in [4.78, 5) is 39.3. The summed E-state index contributed by atoms with van der Waals surface area (Å²) in [7, 11) is 1.28. The normalized spacial score (nSPS) is 14.5. The predicted molar refractivity (Wildman–Crippen MR) is 133 cm³/mol. The van der Waals surface area contributed by atoms with Crippen LogP contribution >= 0.6 is 0 Å². The predicted octanol–water partition coefficient (Wildman–Crippen LogP) is 3.87. The van der Waals surface area contributed by atoms with Crippen LogP contribution in [0.1, 0.15) is 33.3 Å². The van der Waals surface area contributed by atoms with E-state index in [4.69, 9.17) is 14.2 Å². The van der Waals surface area contributed by atoms with Crippen molar-refractivity contribution < 1.29 is 28.6 Å². The molecule has 0 aliphatic carbocycles. The van der Waals surface area contributed by atoms with Gasteiger partial charge in [-0.1, -0.05) is 12.1 Å². The zero-order chi connectivity index (χ0) is 25.5. The molecule has 0 spiro atoms. The highest BCUT2D eigenvalue weighted by Gasteiger charge is 2.37. The van der Waals surface area contributed by atoms with Gasteiger partial charge in [0.05, 0.1) is 24.9 Å². The van der Waals surface area contributed by atoms with E-state index < -0.39 is 5.97 Å². The number of allylic oxidation sites excluding steroid dienone is 1. The van der Waals surface area contributed by atoms with E-state index in [1.54, 1.807) is 61.5 Å². The number of esters is 1. The quantitative estimate of drug-likeness (QED) is 0.434. The van der Waals surface area contributed by atoms with Crippen molar-refractivity contribution in [2.75, 3.05) is 25.2 Å². The highest BCUT2D eigenvalue weighted by Crippen LogP contribution is 2.36. The second-order valence-corrected chi connectivity index (χ2v) is 8.16. The van der Waals surface area contributed by atoms with Crippen molar-refractivity contribution in [3.05, 3.63) is 70.9 Å². The zero-order valence-corrected chi connectivity index (χ0v) is 20.6. The van der Waals surface area contributed by atoms with Gasteiger partial charge in [0.1, 0.15) is 11.5 Å². The van der Waals surface area contributed by atoms with Crippen LogP contribution in [0.2, 0.25) is 0 Å². The third-order valence-electron chi connectivity index (χ3n) is 5.21. The lowest BCUT2D eigenvalue weighted by atomic mass is 10.0. The third kappa shape index (κ3) is 6.09. The van der Waals surface area contributed by atoms with Crippen LogP contribution in [0.15, 0.2) is 65.4 Å². The van der Waals surface area contributed by atoms with Gasteiger partial charge in [0.15, 0.2) is 6.61 Å². The van der Waals surface area contributed by atoms with Crippen molar-refractivity contribution >= 4 is 29.5 Å². The molecule has 0 unspecified atom stereocenters. The Kier molecular flexibility index (Phi) is 8.30. The van der Waals surface area contributed by atoms with Crippen LogP contribution < -0.4 is 19.7 Å². The van der Waals surface area contributed by atoms with Crippen LogP contribution in [0.3, 0.4) is 0 Å². The average molecular weight is 479 g/mol. The molecule has 0 bridgehead atoms. The fourth-order valence-corrected chi connectivity index (χ4v) is 3.69. The molecule has 1 N–H and O–H groups in total. The first-order valence-corrected chi connectivity index (χ1v) is 11.4. The van der Waals surface area contributed by atoms with Crippen LogP contribution in [-0.2, 0) is 19.1 Å². The maximum Gasteiger partial charge on any atom is 0.340 e. The van der Waals surface area contributed by atoms with Crippen LogP contribution in [0.5, 0.6) is 11.5 Å². The monoisotopic (exact) mass is 478 g/mol. The molecular weight excluding hydrogens is 448 g/mol. The van der Waals surface area contributed by atoms with Gasteiger partial charge in [-0.25, -0.2) is 4.79 Å². The SMILES string of the molecule is CCOc1ccc(N2C(=O)C(=Cc3ccc(OCC(=O)NC(C)C)cc3)C(C(=O)OC)=C2C)cc1. The molecular formula is C27H30N2O6. The molecule has 0 atom stereocenters. The molecule has 2 aromatic rings. The van der Waals surface area contributed by atoms with E-state index >= 15 is 0 Å². The maximum atomic E-state index is 13.4. The molecule has 8 nitrogen and oxygen atoms in total. The number of carbonyl (C=O) groups is 3. The lowest BCUT2D eigenvalue weighted by Gasteiger charge is -2.18. The fraction of sp³-hybridized carbons (Fsp3) is 0.296. The molecule has 184 valence electrons. The number of benzene rings is 2. The first-order valence-electron chi connectivity index (χ1n) is 11.4. The largest absolute Gasteiger partial charge is 0.494 e. The molecule has 0 aromatic heterocycles. The van der Waals surface area contributed by atoms with Crippen LogP contribution in [0.4, 0.5) is 5.69 Å². The fourth-order valence-electron chi connectivity index (χ4n) is 3.69. The minimum atomic E-state index is -0.591. The van der Waals surface area contributed by atoms with E-state index in [1.165, 1.54) is 12.0 Å². The molecule has 0 saturated carbocycles. The molecule has 0 radical (unpaired) electrons. The van der Waals surface area contributed by atoms with Crippen molar-refractivity contribution in [2.45, 2.75) is 33.7 Å². The van der Waals surface area contributed by atoms with Crippen LogP contribution in [-0.4, -0.2) is 44.1 Å². The zero-order valence-electron chi connectivity index (χ0n) is 20.6. The second-order valence-electron chi connectivity index (χ2n) is 8.16. The van der Waals surface area contributed by atoms with Crippen molar-refractivity contribution in [3.63, 3.8) is 0 Å². The van der Waals surface area contributed by atoms with Crippen molar-refractivity contribution in [1.29, 1.82) is 0 Å². The Bertz CT molecular complexity index is 1150. The molecule has 1 aliphatic rings. The molecule has 3 rings (SSSR count). The van der Waals surface area contributed by atoms with Gasteiger partial charge in [-0.3, -0.25) is 14.5 Å². The highest BCUT2D eigenvalue weighted by molar-refractivity contribution is 6.23. The van der Waals surface area contributed by atoms with Gasteiger partial charge in [-0.05, 0) is 75.7 Å². The Labute approximate surface area is 205 Å². The number of amides is 2. The van der Waals surface area contributed by atoms with Gasteiger partial charge < -0.3 is 19.5 Å². The Morgan fingerprint density at radius 2 is 1.60 bits per heavy atom. The summed E-state index contributed by atoms with van der Waals surface area (Å²) >= 11 is 0. The first-order chi connectivity index (χ1) is 16.7. The van der Waals surface area contributed by atoms with Crippen molar-refractivity contribution in [1.82, 2.24) is 5.32 Å². The third-order valence-corrected chi connectivity index (χ3v) is 5.21. The lowest BCUT2D eigenvalue weighted by Crippen LogP contribution is -2.34. The average Bonchev–Trinajstić information content (AvgIpc) is 3.07. The molecule has 1 heterocycles. The van der Waals surface area contributed by atoms with Crippen molar-refractivity contribution in [3.8, 4) is 11.5 Å². The number of carbonyl (C=O) groups excluding carboxylic acids is 3. The van der Waals surface area contributed by atoms with Crippen LogP contribution in [0, 0.1) is 0 Å². The summed E-state index contributed by atoms with van der Waals surface area (Å²) in [5, 5.41) is 2.76. The smallest absolute Gasteiger partial charge is 0.340 e. The number of nitrogens with one attached hydrogen (secondary N) is 1. The Morgan fingerprint density at radius 3 is 2.17 bits per heavy atom. The lowest BCUT2D eigenvalue weighted by molar-refractivity contribution is -0.136. The number of anilines is 1. The molecule has 0 saturated heterocycles. The van der Waals surface area contributed by atoms with Gasteiger partial charge in [0.25, 0.3) is 11.8 Å². The number of rotatable bonds is 9. The summed E-state index contributed by atoms with van der Waals surface area (Å²) in [5.41, 5.74) is 2.22. The topological polar surface area (TPSA) is 94.2 Å². The standard InChI is InChI=1S/C27H30N2O6/c1-6-34-21-13-9-20(10-14-21)29-18(4)25(27(32)33-5)23(26(29)31)15-19-7-11-22(12-8-19)35-16-24(30)28-17(2)3/h7-15,17H,6,16H2,1-5H3,(H,28,30). The van der Waals surface area contributed by atoms with Gasteiger partial charge in [-0.2, -0.15) is 0 Å². The van der Waals surface area contributed by atoms with Gasteiger partial charge in [0, 0.05) is 17.4 Å². The number of nitrogens with zero attached hydrogens (tertiary/aromatic N) is 1. The van der Waals surface area contributed by atoms with Gasteiger partial charge in [0.2, 0.25) is 0 Å². The van der Waals surface area contributed by atoms with E-state index in [0.717, 1.165) is 0 Å². The number of hydrogen-bond donors (Lipinski definition) is 1. The molecule has 35 heavy (non-hydrogen) atoms. The van der Waals surface area contributed by atoms with E-state index in [0.29, 0.717) is 35.1 Å². The minimum Gasteiger partial charge on any atom is -0.494 e. The number of ether oxygens (including phenoxy) is 3. The summed E-state index contributed by atoms with van der Waals surface area (Å²) < 4.78 is 15.9. The van der Waals surface area contributed by atoms with E-state index in [-0.39, 0.29) is 35.6 Å². The maximum absolute atomic E-state index is 13.4. The highest BCUT2D eigenvalue weighted by atomic mass is 16.5. The van der Waals surface area contributed by atoms with E-state index in [1.807, 2.05) is 20.8 Å². The Morgan fingerprint density at radius 1 is 1.00 bits per heavy atom. The van der Waals surface area contributed by atoms with Gasteiger partial charge >= 0.3 is 5.97 Å². The summed E-state index contributed by atoms with van der Waals surface area (Å²) in [6, 6.07) is 14.0. The summed E-state index contributed by atoms with van der Waals surface area (Å²) in [5.74, 6) is 0.0714. The Hall–Kier alpha value is -4.07. The van der Waals surface area contributed by atoms with E-state index in [9.17, 15) is 14.4 Å². The molecule has 8 heteroatoms. The molecule has 2 aromatic carbocycles. The van der Waals surface area contributed by atoms with Crippen molar-refractivity contribution in [2.24, 2.45) is 0 Å². The van der Waals surface area contributed by atoms with Crippen LogP contribution in [0.25, 0.3) is 6.08 Å². The molecule has 2 amide bonds.